The molecule has 2 bridgehead atoms. The van der Waals surface area contributed by atoms with E-state index in [1.165, 1.54) is 25.7 Å². The third kappa shape index (κ3) is 3.86. The highest BCUT2D eigenvalue weighted by Gasteiger charge is 2.42. The molecule has 2 N–H and O–H groups in total. The topological polar surface area (TPSA) is 58.2 Å². The smallest absolute Gasteiger partial charge is 0.251 e. The lowest BCUT2D eigenvalue weighted by Crippen LogP contribution is -2.44. The molecular formula is C18H23ClN2O2. The number of rotatable bonds is 5. The number of benzene rings is 1. The number of carbonyl (C=O) groups is 2. The van der Waals surface area contributed by atoms with Crippen LogP contribution in [0.3, 0.4) is 0 Å². The monoisotopic (exact) mass is 334 g/mol. The molecule has 124 valence electrons. The van der Waals surface area contributed by atoms with Gasteiger partial charge in [0.25, 0.3) is 5.91 Å². The molecular weight excluding hydrogens is 312 g/mol. The van der Waals surface area contributed by atoms with Crippen molar-refractivity contribution in [3.05, 3.63) is 34.9 Å². The minimum absolute atomic E-state index is 0.00347. The summed E-state index contributed by atoms with van der Waals surface area (Å²) in [5, 5.41) is 6.20. The lowest BCUT2D eigenvalue weighted by Gasteiger charge is -2.28. The predicted molar refractivity (Wildman–Crippen MR) is 90.3 cm³/mol. The molecule has 2 aliphatic rings. The van der Waals surface area contributed by atoms with Gasteiger partial charge in [0.05, 0.1) is 6.54 Å². The van der Waals surface area contributed by atoms with Crippen LogP contribution in [0.4, 0.5) is 0 Å². The zero-order valence-corrected chi connectivity index (χ0v) is 14.1. The summed E-state index contributed by atoms with van der Waals surface area (Å²) in [6.07, 6.45) is 5.23. The molecule has 0 spiro atoms. The number of hydrogen-bond acceptors (Lipinski definition) is 2. The highest BCUT2D eigenvalue weighted by Crippen LogP contribution is 2.49. The maximum absolute atomic E-state index is 12.1. The van der Waals surface area contributed by atoms with Gasteiger partial charge in [0, 0.05) is 16.6 Å². The number of halogens is 1. The Balaban J connectivity index is 1.45. The van der Waals surface area contributed by atoms with Crippen LogP contribution in [0.15, 0.2) is 24.3 Å². The first-order valence-corrected chi connectivity index (χ1v) is 8.74. The van der Waals surface area contributed by atoms with Crippen LogP contribution >= 0.6 is 11.6 Å². The molecule has 5 heteroatoms. The summed E-state index contributed by atoms with van der Waals surface area (Å²) < 4.78 is 0. The lowest BCUT2D eigenvalue weighted by molar-refractivity contribution is -0.121. The van der Waals surface area contributed by atoms with Gasteiger partial charge in [0.1, 0.15) is 0 Å². The zero-order chi connectivity index (χ0) is 16.4. The maximum atomic E-state index is 12.1. The fraction of sp³-hybridized carbons (Fsp3) is 0.556. The lowest BCUT2D eigenvalue weighted by atomic mass is 9.84. The normalized spacial score (nSPS) is 26.8. The van der Waals surface area contributed by atoms with Crippen molar-refractivity contribution in [1.82, 2.24) is 10.6 Å². The molecule has 2 saturated carbocycles. The molecule has 0 radical (unpaired) electrons. The van der Waals surface area contributed by atoms with E-state index in [-0.39, 0.29) is 24.4 Å². The number of nitrogens with one attached hydrogen (secondary N) is 2. The van der Waals surface area contributed by atoms with Gasteiger partial charge in [-0.15, -0.1) is 0 Å². The second-order valence-electron chi connectivity index (χ2n) is 6.89. The second-order valence-corrected chi connectivity index (χ2v) is 7.32. The summed E-state index contributed by atoms with van der Waals surface area (Å²) >= 11 is 5.86. The van der Waals surface area contributed by atoms with Crippen LogP contribution in [0.25, 0.3) is 0 Å². The van der Waals surface area contributed by atoms with Crippen molar-refractivity contribution >= 4 is 23.4 Å². The molecule has 4 nitrogen and oxygen atoms in total. The van der Waals surface area contributed by atoms with Gasteiger partial charge in [-0.2, -0.15) is 0 Å². The maximum Gasteiger partial charge on any atom is 0.251 e. The van der Waals surface area contributed by atoms with Crippen LogP contribution in [-0.4, -0.2) is 24.4 Å². The number of hydrogen-bond donors (Lipinski definition) is 2. The number of carbonyl (C=O) groups excluding carboxylic acids is 2. The Morgan fingerprint density at radius 3 is 2.78 bits per heavy atom. The average molecular weight is 335 g/mol. The van der Waals surface area contributed by atoms with Crippen LogP contribution in [0, 0.1) is 17.8 Å². The van der Waals surface area contributed by atoms with E-state index in [1.807, 2.05) is 0 Å². The van der Waals surface area contributed by atoms with Crippen LogP contribution < -0.4 is 10.6 Å². The van der Waals surface area contributed by atoms with E-state index in [0.717, 1.165) is 11.8 Å². The molecule has 0 heterocycles. The van der Waals surface area contributed by atoms with Gasteiger partial charge < -0.3 is 10.6 Å². The summed E-state index contributed by atoms with van der Waals surface area (Å²) in [7, 11) is 0. The summed E-state index contributed by atoms with van der Waals surface area (Å²) in [4.78, 5) is 24.1. The van der Waals surface area contributed by atoms with E-state index in [9.17, 15) is 9.59 Å². The van der Waals surface area contributed by atoms with E-state index >= 15 is 0 Å². The molecule has 0 saturated heterocycles. The van der Waals surface area contributed by atoms with Crippen molar-refractivity contribution in [2.45, 2.75) is 38.6 Å². The molecule has 1 aromatic carbocycles. The fourth-order valence-corrected chi connectivity index (χ4v) is 4.40. The molecule has 3 rings (SSSR count). The zero-order valence-electron chi connectivity index (χ0n) is 13.3. The van der Waals surface area contributed by atoms with Crippen molar-refractivity contribution in [2.24, 2.45) is 17.8 Å². The first-order chi connectivity index (χ1) is 11.0. The third-order valence-electron chi connectivity index (χ3n) is 5.32. The number of fused-ring (bicyclic) bond motifs is 2. The molecule has 2 amide bonds. The van der Waals surface area contributed by atoms with E-state index in [4.69, 9.17) is 11.6 Å². The Morgan fingerprint density at radius 2 is 2.13 bits per heavy atom. The predicted octanol–water partition coefficient (Wildman–Crippen LogP) is 3.01. The molecule has 1 aromatic rings. The van der Waals surface area contributed by atoms with Gasteiger partial charge in [-0.05, 0) is 62.1 Å². The first kappa shape index (κ1) is 16.3. The van der Waals surface area contributed by atoms with Gasteiger partial charge in [-0.25, -0.2) is 0 Å². The minimum atomic E-state index is -0.282. The second kappa shape index (κ2) is 6.91. The SMILES string of the molecule is CC(NC(=O)CNC(=O)c1cccc(Cl)c1)C1CC2CCC1C2. The summed E-state index contributed by atoms with van der Waals surface area (Å²) in [6, 6.07) is 6.88. The molecule has 0 aromatic heterocycles. The Labute approximate surface area is 142 Å². The Hall–Kier alpha value is -1.55. The third-order valence-corrected chi connectivity index (χ3v) is 5.56. The minimum Gasteiger partial charge on any atom is -0.352 e. The largest absolute Gasteiger partial charge is 0.352 e. The van der Waals surface area contributed by atoms with Gasteiger partial charge in [0.2, 0.25) is 5.91 Å². The Morgan fingerprint density at radius 1 is 1.30 bits per heavy atom. The van der Waals surface area contributed by atoms with Gasteiger partial charge in [0.15, 0.2) is 0 Å². The van der Waals surface area contributed by atoms with Gasteiger partial charge in [-0.1, -0.05) is 24.1 Å². The van der Waals surface area contributed by atoms with Crippen molar-refractivity contribution in [2.75, 3.05) is 6.54 Å². The Kier molecular flexibility index (Phi) is 4.90. The molecule has 0 aliphatic heterocycles. The highest BCUT2D eigenvalue weighted by atomic mass is 35.5. The quantitative estimate of drug-likeness (QED) is 0.869. The summed E-state index contributed by atoms with van der Waals surface area (Å²) in [6.45, 7) is 2.08. The first-order valence-electron chi connectivity index (χ1n) is 8.36. The summed E-state index contributed by atoms with van der Waals surface area (Å²) in [5.74, 6) is 1.83. The van der Waals surface area contributed by atoms with E-state index in [0.29, 0.717) is 16.5 Å². The van der Waals surface area contributed by atoms with Crippen molar-refractivity contribution in [3.63, 3.8) is 0 Å². The molecule has 2 aliphatic carbocycles. The molecule has 23 heavy (non-hydrogen) atoms. The summed E-state index contributed by atoms with van der Waals surface area (Å²) in [5.41, 5.74) is 0.464. The van der Waals surface area contributed by atoms with Crippen molar-refractivity contribution in [3.8, 4) is 0 Å². The van der Waals surface area contributed by atoms with Crippen molar-refractivity contribution < 1.29 is 9.59 Å². The van der Waals surface area contributed by atoms with Gasteiger partial charge >= 0.3 is 0 Å². The van der Waals surface area contributed by atoms with Gasteiger partial charge in [-0.3, -0.25) is 9.59 Å². The van der Waals surface area contributed by atoms with Crippen LogP contribution in [0.2, 0.25) is 5.02 Å². The van der Waals surface area contributed by atoms with E-state index < -0.39 is 0 Å². The fourth-order valence-electron chi connectivity index (χ4n) is 4.21. The standard InChI is InChI=1S/C18H23ClN2O2/c1-11(16-8-12-5-6-13(16)7-12)21-17(22)10-20-18(23)14-3-2-4-15(19)9-14/h2-4,9,11-13,16H,5-8,10H2,1H3,(H,20,23)(H,21,22). The van der Waals surface area contributed by atoms with Crippen LogP contribution in [0.1, 0.15) is 43.0 Å². The molecule has 4 unspecified atom stereocenters. The molecule has 4 atom stereocenters. The Bertz CT molecular complexity index is 604. The van der Waals surface area contributed by atoms with Crippen LogP contribution in [0.5, 0.6) is 0 Å². The van der Waals surface area contributed by atoms with E-state index in [1.54, 1.807) is 24.3 Å². The highest BCUT2D eigenvalue weighted by molar-refractivity contribution is 6.30. The average Bonchev–Trinajstić information content (AvgIpc) is 3.15. The van der Waals surface area contributed by atoms with E-state index in [2.05, 4.69) is 17.6 Å². The number of amides is 2. The van der Waals surface area contributed by atoms with Crippen molar-refractivity contribution in [1.29, 1.82) is 0 Å². The molecule has 2 fully saturated rings. The van der Waals surface area contributed by atoms with Crippen LogP contribution in [-0.2, 0) is 4.79 Å².